The lowest BCUT2D eigenvalue weighted by Crippen LogP contribution is -2.20. The van der Waals surface area contributed by atoms with Crippen LogP contribution in [0.15, 0.2) is 54.6 Å². The average Bonchev–Trinajstić information content (AvgIpc) is 2.47. The average molecular weight is 293 g/mol. The van der Waals surface area contributed by atoms with Gasteiger partial charge in [0.25, 0.3) is 0 Å². The molecule has 0 aromatic heterocycles. The van der Waals surface area contributed by atoms with Crippen LogP contribution in [0.2, 0.25) is 0 Å². The van der Waals surface area contributed by atoms with Gasteiger partial charge in [-0.25, -0.2) is 0 Å². The molecule has 0 aliphatic carbocycles. The van der Waals surface area contributed by atoms with Crippen molar-refractivity contribution in [2.45, 2.75) is 25.6 Å². The SMILES string of the molecule is CC(Cc1ccc(C(F)(F)F)cc1)C(N)c1ccccc1. The van der Waals surface area contributed by atoms with Gasteiger partial charge in [-0.3, -0.25) is 0 Å². The van der Waals surface area contributed by atoms with Crippen LogP contribution in [0, 0.1) is 5.92 Å². The minimum absolute atomic E-state index is 0.131. The van der Waals surface area contributed by atoms with E-state index in [1.165, 1.54) is 12.1 Å². The summed E-state index contributed by atoms with van der Waals surface area (Å²) in [5.41, 5.74) is 7.49. The molecule has 1 nitrogen and oxygen atoms in total. The Kier molecular flexibility index (Phi) is 4.68. The van der Waals surface area contributed by atoms with E-state index < -0.39 is 11.7 Å². The molecular weight excluding hydrogens is 275 g/mol. The predicted molar refractivity (Wildman–Crippen MR) is 77.7 cm³/mol. The second-order valence-corrected chi connectivity index (χ2v) is 5.31. The van der Waals surface area contributed by atoms with Gasteiger partial charge >= 0.3 is 6.18 Å². The van der Waals surface area contributed by atoms with E-state index in [1.54, 1.807) is 0 Å². The third-order valence-electron chi connectivity index (χ3n) is 3.64. The van der Waals surface area contributed by atoms with Crippen molar-refractivity contribution in [1.29, 1.82) is 0 Å². The molecule has 2 aromatic carbocycles. The van der Waals surface area contributed by atoms with E-state index in [0.29, 0.717) is 6.42 Å². The van der Waals surface area contributed by atoms with Crippen molar-refractivity contribution in [3.63, 3.8) is 0 Å². The van der Waals surface area contributed by atoms with Gasteiger partial charge in [0.15, 0.2) is 0 Å². The van der Waals surface area contributed by atoms with Crippen LogP contribution in [0.5, 0.6) is 0 Å². The van der Waals surface area contributed by atoms with Gasteiger partial charge in [-0.1, -0.05) is 49.4 Å². The van der Waals surface area contributed by atoms with Crippen molar-refractivity contribution >= 4 is 0 Å². The first-order valence-corrected chi connectivity index (χ1v) is 6.84. The van der Waals surface area contributed by atoms with Gasteiger partial charge in [0.05, 0.1) is 5.56 Å². The van der Waals surface area contributed by atoms with Crippen LogP contribution in [0.3, 0.4) is 0 Å². The maximum absolute atomic E-state index is 12.5. The number of alkyl halides is 3. The van der Waals surface area contributed by atoms with Crippen LogP contribution in [0.1, 0.15) is 29.7 Å². The van der Waals surface area contributed by atoms with E-state index in [-0.39, 0.29) is 12.0 Å². The Balaban J connectivity index is 2.04. The van der Waals surface area contributed by atoms with Crippen molar-refractivity contribution in [3.05, 3.63) is 71.3 Å². The van der Waals surface area contributed by atoms with E-state index in [9.17, 15) is 13.2 Å². The van der Waals surface area contributed by atoms with Crippen LogP contribution >= 0.6 is 0 Å². The summed E-state index contributed by atoms with van der Waals surface area (Å²) in [6, 6.07) is 14.9. The summed E-state index contributed by atoms with van der Waals surface area (Å²) >= 11 is 0. The molecule has 2 unspecified atom stereocenters. The molecule has 0 fully saturated rings. The third-order valence-corrected chi connectivity index (χ3v) is 3.64. The van der Waals surface area contributed by atoms with Gasteiger partial charge in [0.2, 0.25) is 0 Å². The molecule has 0 radical (unpaired) electrons. The van der Waals surface area contributed by atoms with Crippen molar-refractivity contribution in [2.75, 3.05) is 0 Å². The van der Waals surface area contributed by atoms with Crippen molar-refractivity contribution in [2.24, 2.45) is 11.7 Å². The molecule has 0 aliphatic heterocycles. The zero-order valence-electron chi connectivity index (χ0n) is 11.8. The molecule has 2 atom stereocenters. The first kappa shape index (κ1) is 15.6. The Hall–Kier alpha value is -1.81. The molecule has 2 N–H and O–H groups in total. The highest BCUT2D eigenvalue weighted by Crippen LogP contribution is 2.30. The lowest BCUT2D eigenvalue weighted by Gasteiger charge is -2.20. The monoisotopic (exact) mass is 293 g/mol. The fraction of sp³-hybridized carbons (Fsp3) is 0.294. The normalized spacial score (nSPS) is 14.7. The summed E-state index contributed by atoms with van der Waals surface area (Å²) < 4.78 is 37.5. The highest BCUT2D eigenvalue weighted by molar-refractivity contribution is 5.26. The summed E-state index contributed by atoms with van der Waals surface area (Å²) in [5.74, 6) is 0.143. The van der Waals surface area contributed by atoms with Crippen LogP contribution < -0.4 is 5.73 Å². The summed E-state index contributed by atoms with van der Waals surface area (Å²) in [6.07, 6.45) is -3.64. The van der Waals surface area contributed by atoms with Gasteiger partial charge in [0, 0.05) is 6.04 Å². The van der Waals surface area contributed by atoms with E-state index in [0.717, 1.165) is 23.3 Å². The first-order valence-electron chi connectivity index (χ1n) is 6.84. The minimum atomic E-state index is -4.29. The molecule has 21 heavy (non-hydrogen) atoms. The summed E-state index contributed by atoms with van der Waals surface area (Å²) in [5, 5.41) is 0. The maximum Gasteiger partial charge on any atom is 0.416 e. The number of hydrogen-bond acceptors (Lipinski definition) is 1. The molecule has 0 saturated heterocycles. The molecule has 0 spiro atoms. The topological polar surface area (TPSA) is 26.0 Å². The zero-order chi connectivity index (χ0) is 15.5. The quantitative estimate of drug-likeness (QED) is 0.877. The van der Waals surface area contributed by atoms with E-state index in [4.69, 9.17) is 5.73 Å². The van der Waals surface area contributed by atoms with Gasteiger partial charge in [0.1, 0.15) is 0 Å². The standard InChI is InChI=1S/C17H18F3N/c1-12(16(21)14-5-3-2-4-6-14)11-13-7-9-15(10-8-13)17(18,19)20/h2-10,12,16H,11,21H2,1H3. The van der Waals surface area contributed by atoms with Crippen LogP contribution in [-0.4, -0.2) is 0 Å². The number of hydrogen-bond donors (Lipinski definition) is 1. The fourth-order valence-corrected chi connectivity index (χ4v) is 2.33. The van der Waals surface area contributed by atoms with Gasteiger partial charge in [-0.15, -0.1) is 0 Å². The number of benzene rings is 2. The Labute approximate surface area is 122 Å². The molecule has 2 aromatic rings. The lowest BCUT2D eigenvalue weighted by molar-refractivity contribution is -0.137. The first-order chi connectivity index (χ1) is 9.88. The largest absolute Gasteiger partial charge is 0.416 e. The highest BCUT2D eigenvalue weighted by Gasteiger charge is 2.30. The Morgan fingerprint density at radius 1 is 0.952 bits per heavy atom. The van der Waals surface area contributed by atoms with Crippen LogP contribution in [0.4, 0.5) is 13.2 Å². The van der Waals surface area contributed by atoms with Crippen molar-refractivity contribution in [3.8, 4) is 0 Å². The summed E-state index contributed by atoms with van der Waals surface area (Å²) in [4.78, 5) is 0. The molecule has 0 saturated carbocycles. The van der Waals surface area contributed by atoms with E-state index >= 15 is 0 Å². The smallest absolute Gasteiger partial charge is 0.324 e. The Morgan fingerprint density at radius 3 is 2.05 bits per heavy atom. The molecule has 4 heteroatoms. The highest BCUT2D eigenvalue weighted by atomic mass is 19.4. The summed E-state index contributed by atoms with van der Waals surface area (Å²) in [6.45, 7) is 2.01. The van der Waals surface area contributed by atoms with Crippen LogP contribution in [0.25, 0.3) is 0 Å². The second-order valence-electron chi connectivity index (χ2n) is 5.31. The molecule has 112 valence electrons. The van der Waals surface area contributed by atoms with Gasteiger partial charge < -0.3 is 5.73 Å². The molecule has 2 rings (SSSR count). The molecule has 0 bridgehead atoms. The predicted octanol–water partition coefficient (Wildman–Crippen LogP) is 4.58. The Bertz CT molecular complexity index is 561. The van der Waals surface area contributed by atoms with E-state index in [1.807, 2.05) is 37.3 Å². The van der Waals surface area contributed by atoms with Crippen LogP contribution in [-0.2, 0) is 12.6 Å². The van der Waals surface area contributed by atoms with Crippen molar-refractivity contribution in [1.82, 2.24) is 0 Å². The maximum atomic E-state index is 12.5. The molecule has 0 heterocycles. The number of halogens is 3. The van der Waals surface area contributed by atoms with E-state index in [2.05, 4.69) is 0 Å². The molecule has 0 aliphatic rings. The zero-order valence-corrected chi connectivity index (χ0v) is 11.8. The molecular formula is C17H18F3N. The second kappa shape index (κ2) is 6.31. The summed E-state index contributed by atoms with van der Waals surface area (Å²) in [7, 11) is 0. The van der Waals surface area contributed by atoms with Gasteiger partial charge in [-0.05, 0) is 35.6 Å². The minimum Gasteiger partial charge on any atom is -0.324 e. The Morgan fingerprint density at radius 2 is 1.52 bits per heavy atom. The van der Waals surface area contributed by atoms with Gasteiger partial charge in [-0.2, -0.15) is 13.2 Å². The van der Waals surface area contributed by atoms with Crippen molar-refractivity contribution < 1.29 is 13.2 Å². The fourth-order valence-electron chi connectivity index (χ4n) is 2.33. The number of rotatable bonds is 4. The third kappa shape index (κ3) is 4.08. The lowest BCUT2D eigenvalue weighted by atomic mass is 9.89. The molecule has 0 amide bonds. The number of nitrogens with two attached hydrogens (primary N) is 1.